The van der Waals surface area contributed by atoms with Gasteiger partial charge in [-0.15, -0.1) is 0 Å². The standard InChI is InChI=1S/C27H24O11/c28-15-5-2-13(3-6-15)21-23(26(35)36)22(14-4-8-17(30)19(32)11-14)24(21)27(37)38-20(25(33)34)10-12-1-7-16(29)18(31)9-12/h1-9,11,20-24,28-32H,10H2,(H,33,34)(H,35,36). The zero-order chi connectivity index (χ0) is 27.7. The van der Waals surface area contributed by atoms with E-state index in [2.05, 4.69) is 0 Å². The van der Waals surface area contributed by atoms with E-state index in [0.29, 0.717) is 5.56 Å². The SMILES string of the molecule is O=C(O)C(Cc1ccc(O)c(O)c1)OC(=O)C1C(c2ccc(O)cc2)C(C(=O)O)C1c1ccc(O)c(O)c1. The van der Waals surface area contributed by atoms with Crippen LogP contribution in [0.5, 0.6) is 28.7 Å². The third kappa shape index (κ3) is 4.99. The first-order valence-electron chi connectivity index (χ1n) is 11.5. The van der Waals surface area contributed by atoms with Gasteiger partial charge in [-0.25, -0.2) is 4.79 Å². The van der Waals surface area contributed by atoms with Gasteiger partial charge >= 0.3 is 17.9 Å². The van der Waals surface area contributed by atoms with E-state index in [4.69, 9.17) is 4.74 Å². The smallest absolute Gasteiger partial charge is 0.345 e. The van der Waals surface area contributed by atoms with Crippen molar-refractivity contribution in [1.29, 1.82) is 0 Å². The van der Waals surface area contributed by atoms with Crippen molar-refractivity contribution in [2.75, 3.05) is 0 Å². The van der Waals surface area contributed by atoms with Crippen molar-refractivity contribution in [2.45, 2.75) is 24.4 Å². The van der Waals surface area contributed by atoms with E-state index in [1.165, 1.54) is 36.4 Å². The van der Waals surface area contributed by atoms with E-state index in [9.17, 15) is 50.1 Å². The molecule has 0 spiro atoms. The van der Waals surface area contributed by atoms with Crippen molar-refractivity contribution in [2.24, 2.45) is 11.8 Å². The number of carbonyl (C=O) groups is 3. The topological polar surface area (TPSA) is 202 Å². The molecule has 0 aliphatic heterocycles. The van der Waals surface area contributed by atoms with Crippen LogP contribution in [0.3, 0.4) is 0 Å². The van der Waals surface area contributed by atoms with Crippen molar-refractivity contribution in [3.05, 3.63) is 77.4 Å². The minimum absolute atomic E-state index is 0.0813. The van der Waals surface area contributed by atoms with Crippen LogP contribution in [0.4, 0.5) is 0 Å². The van der Waals surface area contributed by atoms with Crippen LogP contribution < -0.4 is 0 Å². The van der Waals surface area contributed by atoms with E-state index in [0.717, 1.165) is 24.3 Å². The fraction of sp³-hybridized carbons (Fsp3) is 0.222. The average molecular weight is 524 g/mol. The Morgan fingerprint density at radius 2 is 1.24 bits per heavy atom. The molecule has 3 aromatic rings. The number of hydrogen-bond acceptors (Lipinski definition) is 9. The predicted molar refractivity (Wildman–Crippen MR) is 129 cm³/mol. The Balaban J connectivity index is 1.70. The summed E-state index contributed by atoms with van der Waals surface area (Å²) in [4.78, 5) is 37.7. The number of phenols is 5. The maximum Gasteiger partial charge on any atom is 0.345 e. The molecule has 0 radical (unpaired) electrons. The van der Waals surface area contributed by atoms with Gasteiger partial charge in [-0.05, 0) is 53.1 Å². The van der Waals surface area contributed by atoms with Crippen molar-refractivity contribution in [3.63, 3.8) is 0 Å². The number of phenolic OH excluding ortho intramolecular Hbond substituents is 5. The molecule has 7 N–H and O–H groups in total. The molecule has 0 amide bonds. The zero-order valence-corrected chi connectivity index (χ0v) is 19.6. The number of hydrogen-bond donors (Lipinski definition) is 7. The molecule has 11 nitrogen and oxygen atoms in total. The molecule has 5 unspecified atom stereocenters. The Hall–Kier alpha value is -4.93. The second kappa shape index (κ2) is 10.2. The molecule has 0 aromatic heterocycles. The second-order valence-corrected chi connectivity index (χ2v) is 9.07. The van der Waals surface area contributed by atoms with Gasteiger partial charge in [-0.3, -0.25) is 9.59 Å². The quantitative estimate of drug-likeness (QED) is 0.169. The van der Waals surface area contributed by atoms with Crippen LogP contribution in [0.25, 0.3) is 0 Å². The maximum absolute atomic E-state index is 13.5. The van der Waals surface area contributed by atoms with E-state index in [1.54, 1.807) is 0 Å². The highest BCUT2D eigenvalue weighted by molar-refractivity contribution is 5.86. The van der Waals surface area contributed by atoms with Gasteiger partial charge in [0.1, 0.15) is 5.75 Å². The van der Waals surface area contributed by atoms with Crippen molar-refractivity contribution < 1.29 is 54.9 Å². The number of aromatic hydroxyl groups is 5. The Morgan fingerprint density at radius 1 is 0.684 bits per heavy atom. The third-order valence-corrected chi connectivity index (χ3v) is 6.76. The number of carboxylic acids is 2. The first kappa shape index (κ1) is 26.1. The van der Waals surface area contributed by atoms with Gasteiger partial charge in [0.05, 0.1) is 11.8 Å². The van der Waals surface area contributed by atoms with E-state index in [1.807, 2.05) is 0 Å². The summed E-state index contributed by atoms with van der Waals surface area (Å²) in [6, 6.07) is 12.8. The minimum Gasteiger partial charge on any atom is -0.508 e. The number of rotatable bonds is 8. The fourth-order valence-electron chi connectivity index (χ4n) is 4.93. The molecule has 0 bridgehead atoms. The van der Waals surface area contributed by atoms with Crippen LogP contribution in [0.2, 0.25) is 0 Å². The lowest BCUT2D eigenvalue weighted by molar-refractivity contribution is -0.175. The summed E-state index contributed by atoms with van der Waals surface area (Å²) in [6.07, 6.45) is -2.05. The monoisotopic (exact) mass is 524 g/mol. The van der Waals surface area contributed by atoms with Crippen LogP contribution in [0.15, 0.2) is 60.7 Å². The summed E-state index contributed by atoms with van der Waals surface area (Å²) in [5.41, 5.74) is 0.874. The molecule has 3 aromatic carbocycles. The van der Waals surface area contributed by atoms with Crippen LogP contribution >= 0.6 is 0 Å². The van der Waals surface area contributed by atoms with E-state index < -0.39 is 70.7 Å². The molecule has 1 aliphatic rings. The Kier molecular flexibility index (Phi) is 7.02. The first-order chi connectivity index (χ1) is 18.0. The summed E-state index contributed by atoms with van der Waals surface area (Å²) < 4.78 is 5.36. The molecule has 4 rings (SSSR count). The largest absolute Gasteiger partial charge is 0.508 e. The maximum atomic E-state index is 13.5. The summed E-state index contributed by atoms with van der Waals surface area (Å²) in [7, 11) is 0. The van der Waals surface area contributed by atoms with E-state index in [-0.39, 0.29) is 23.3 Å². The molecule has 5 atom stereocenters. The van der Waals surface area contributed by atoms with Crippen LogP contribution in [0, 0.1) is 11.8 Å². The Labute approximate surface area is 215 Å². The lowest BCUT2D eigenvalue weighted by atomic mass is 9.52. The number of carboxylic acid groups (broad SMARTS) is 2. The Morgan fingerprint density at radius 3 is 1.79 bits per heavy atom. The van der Waals surface area contributed by atoms with E-state index >= 15 is 0 Å². The van der Waals surface area contributed by atoms with Gasteiger partial charge in [0.2, 0.25) is 6.10 Å². The van der Waals surface area contributed by atoms with Crippen LogP contribution in [0.1, 0.15) is 28.5 Å². The summed E-state index contributed by atoms with van der Waals surface area (Å²) in [6.45, 7) is 0. The predicted octanol–water partition coefficient (Wildman–Crippen LogP) is 2.65. The molecule has 1 aliphatic carbocycles. The molecule has 198 valence electrons. The number of ether oxygens (including phenoxy) is 1. The molecular formula is C27H24O11. The molecule has 1 fully saturated rings. The van der Waals surface area contributed by atoms with Crippen LogP contribution in [-0.2, 0) is 25.5 Å². The Bertz CT molecular complexity index is 1380. The fourth-order valence-corrected chi connectivity index (χ4v) is 4.93. The molecule has 0 heterocycles. The molecule has 11 heteroatoms. The van der Waals surface area contributed by atoms with Crippen molar-refractivity contribution in [1.82, 2.24) is 0 Å². The number of esters is 1. The van der Waals surface area contributed by atoms with Gasteiger partial charge in [0, 0.05) is 18.3 Å². The lowest BCUT2D eigenvalue weighted by Crippen LogP contribution is -2.52. The van der Waals surface area contributed by atoms with Crippen LogP contribution in [-0.4, -0.2) is 59.8 Å². The first-order valence-corrected chi connectivity index (χ1v) is 11.5. The average Bonchev–Trinajstić information content (AvgIpc) is 2.83. The second-order valence-electron chi connectivity index (χ2n) is 9.07. The van der Waals surface area contributed by atoms with Gasteiger partial charge in [0.15, 0.2) is 23.0 Å². The summed E-state index contributed by atoms with van der Waals surface area (Å²) in [5, 5.41) is 68.3. The number of carbonyl (C=O) groups excluding carboxylic acids is 1. The number of benzene rings is 3. The third-order valence-electron chi connectivity index (χ3n) is 6.76. The van der Waals surface area contributed by atoms with Gasteiger partial charge in [0.25, 0.3) is 0 Å². The summed E-state index contributed by atoms with van der Waals surface area (Å²) >= 11 is 0. The molecular weight excluding hydrogens is 500 g/mol. The van der Waals surface area contributed by atoms with Crippen molar-refractivity contribution >= 4 is 17.9 Å². The normalized spacial score (nSPS) is 21.2. The molecule has 0 saturated heterocycles. The highest BCUT2D eigenvalue weighted by atomic mass is 16.6. The van der Waals surface area contributed by atoms with Gasteiger partial charge < -0.3 is 40.5 Å². The molecule has 38 heavy (non-hydrogen) atoms. The van der Waals surface area contributed by atoms with Crippen molar-refractivity contribution in [3.8, 4) is 28.7 Å². The molecule has 1 saturated carbocycles. The minimum atomic E-state index is -1.70. The lowest BCUT2D eigenvalue weighted by Gasteiger charge is -2.49. The van der Waals surface area contributed by atoms with Gasteiger partial charge in [-0.2, -0.15) is 0 Å². The van der Waals surface area contributed by atoms with Gasteiger partial charge in [-0.1, -0.05) is 24.3 Å². The highest BCUT2D eigenvalue weighted by Crippen LogP contribution is 2.58. The zero-order valence-electron chi connectivity index (χ0n) is 19.6. The number of aliphatic carboxylic acids is 2. The summed E-state index contributed by atoms with van der Waals surface area (Å²) in [5.74, 6) is -10.1. The highest BCUT2D eigenvalue weighted by Gasteiger charge is 2.59.